The third-order valence-electron chi connectivity index (χ3n) is 9.68. The molecular weight excluding hydrogens is 316 g/mol. The monoisotopic (exact) mass is 360 g/mol. The van der Waals surface area contributed by atoms with Gasteiger partial charge in [0.05, 0.1) is 5.60 Å². The molecule has 0 aromatic heterocycles. The van der Waals surface area contributed by atoms with E-state index < -0.39 is 0 Å². The van der Waals surface area contributed by atoms with Gasteiger partial charge in [-0.25, -0.2) is 0 Å². The second-order valence-corrected chi connectivity index (χ2v) is 10.6. The molecular formula is C25H44O. The lowest BCUT2D eigenvalue weighted by molar-refractivity contribution is -0.163. The highest BCUT2D eigenvalue weighted by Gasteiger charge is 2.63. The molecule has 0 aromatic carbocycles. The fraction of sp³-hybridized carbons (Fsp3) is 1.00. The molecule has 4 aliphatic rings. The van der Waals surface area contributed by atoms with Gasteiger partial charge in [0.2, 0.25) is 0 Å². The van der Waals surface area contributed by atoms with Gasteiger partial charge in [-0.3, -0.25) is 0 Å². The van der Waals surface area contributed by atoms with Gasteiger partial charge in [-0.05, 0) is 94.3 Å². The molecule has 4 rings (SSSR count). The van der Waals surface area contributed by atoms with Gasteiger partial charge in [0, 0.05) is 12.0 Å². The summed E-state index contributed by atoms with van der Waals surface area (Å²) in [7, 11) is 0. The van der Waals surface area contributed by atoms with Gasteiger partial charge in [-0.15, -0.1) is 0 Å². The average molecular weight is 361 g/mol. The fourth-order valence-corrected chi connectivity index (χ4v) is 8.48. The second kappa shape index (κ2) is 7.76. The summed E-state index contributed by atoms with van der Waals surface area (Å²) in [6.07, 6.45) is 20.4. The van der Waals surface area contributed by atoms with Crippen LogP contribution in [0.4, 0.5) is 0 Å². The molecule has 0 radical (unpaired) electrons. The van der Waals surface area contributed by atoms with E-state index in [1.807, 2.05) is 0 Å². The number of fused-ring (bicyclic) bond motifs is 5. The molecule has 4 saturated carbocycles. The number of hydrogen-bond donors (Lipinski definition) is 0. The molecule has 150 valence electrons. The smallest absolute Gasteiger partial charge is 0.0713 e. The predicted molar refractivity (Wildman–Crippen MR) is 110 cm³/mol. The summed E-state index contributed by atoms with van der Waals surface area (Å²) < 4.78 is 6.70. The maximum atomic E-state index is 6.70. The van der Waals surface area contributed by atoms with E-state index in [2.05, 4.69) is 20.8 Å². The van der Waals surface area contributed by atoms with Crippen molar-refractivity contribution in [3.8, 4) is 0 Å². The summed E-state index contributed by atoms with van der Waals surface area (Å²) in [5, 5.41) is 0. The van der Waals surface area contributed by atoms with Crippen LogP contribution in [0.2, 0.25) is 0 Å². The zero-order valence-electron chi connectivity index (χ0n) is 17.9. The Hall–Kier alpha value is -0.0400. The highest BCUT2D eigenvalue weighted by atomic mass is 16.5. The predicted octanol–water partition coefficient (Wildman–Crippen LogP) is 7.38. The Morgan fingerprint density at radius 2 is 1.65 bits per heavy atom. The summed E-state index contributed by atoms with van der Waals surface area (Å²) >= 11 is 0. The summed E-state index contributed by atoms with van der Waals surface area (Å²) in [6.45, 7) is 8.14. The van der Waals surface area contributed by atoms with Gasteiger partial charge in [0.1, 0.15) is 0 Å². The summed E-state index contributed by atoms with van der Waals surface area (Å²) in [6, 6.07) is 0. The zero-order chi connectivity index (χ0) is 18.2. The Morgan fingerprint density at radius 3 is 2.46 bits per heavy atom. The normalized spacial score (nSPS) is 47.9. The zero-order valence-corrected chi connectivity index (χ0v) is 17.9. The highest BCUT2D eigenvalue weighted by Crippen LogP contribution is 2.67. The number of ether oxygens (including phenoxy) is 1. The van der Waals surface area contributed by atoms with Crippen LogP contribution in [0.25, 0.3) is 0 Å². The molecule has 1 heteroatoms. The lowest BCUT2D eigenvalue weighted by Gasteiger charge is -2.58. The molecule has 0 bridgehead atoms. The number of hydrogen-bond acceptors (Lipinski definition) is 1. The third-order valence-corrected chi connectivity index (χ3v) is 9.68. The van der Waals surface area contributed by atoms with E-state index in [1.54, 1.807) is 25.7 Å². The van der Waals surface area contributed by atoms with Crippen LogP contribution in [0, 0.1) is 35.0 Å². The van der Waals surface area contributed by atoms with Crippen molar-refractivity contribution in [3.63, 3.8) is 0 Å². The van der Waals surface area contributed by atoms with E-state index >= 15 is 0 Å². The molecule has 0 saturated heterocycles. The topological polar surface area (TPSA) is 9.23 Å². The Labute approximate surface area is 163 Å². The molecule has 4 aliphatic carbocycles. The van der Waals surface area contributed by atoms with Crippen molar-refractivity contribution >= 4 is 0 Å². The molecule has 4 fully saturated rings. The first-order valence-electron chi connectivity index (χ1n) is 12.3. The minimum absolute atomic E-state index is 0.164. The van der Waals surface area contributed by atoms with E-state index in [0.717, 1.165) is 36.2 Å². The van der Waals surface area contributed by atoms with Crippen LogP contribution in [0.3, 0.4) is 0 Å². The van der Waals surface area contributed by atoms with Crippen molar-refractivity contribution in [3.05, 3.63) is 0 Å². The van der Waals surface area contributed by atoms with Crippen LogP contribution in [0.5, 0.6) is 0 Å². The largest absolute Gasteiger partial charge is 0.375 e. The molecule has 7 unspecified atom stereocenters. The van der Waals surface area contributed by atoms with Crippen molar-refractivity contribution in [2.45, 2.75) is 116 Å². The molecule has 0 aromatic rings. The van der Waals surface area contributed by atoms with Crippen molar-refractivity contribution < 1.29 is 4.74 Å². The SMILES string of the molecule is CCCCC12CCC3C4CCCCC4CCC3C1CCC2(C)OCCC. The first-order chi connectivity index (χ1) is 12.6. The van der Waals surface area contributed by atoms with E-state index in [9.17, 15) is 0 Å². The molecule has 26 heavy (non-hydrogen) atoms. The Balaban J connectivity index is 1.59. The summed E-state index contributed by atoms with van der Waals surface area (Å²) in [5.41, 5.74) is 0.665. The van der Waals surface area contributed by atoms with Crippen molar-refractivity contribution in [1.29, 1.82) is 0 Å². The molecule has 0 aliphatic heterocycles. The van der Waals surface area contributed by atoms with Crippen LogP contribution >= 0.6 is 0 Å². The Bertz CT molecular complexity index is 473. The molecule has 0 spiro atoms. The third kappa shape index (κ3) is 2.99. The van der Waals surface area contributed by atoms with Gasteiger partial charge >= 0.3 is 0 Å². The lowest BCUT2D eigenvalue weighted by atomic mass is 9.48. The van der Waals surface area contributed by atoms with Crippen LogP contribution in [0.1, 0.15) is 111 Å². The van der Waals surface area contributed by atoms with Crippen LogP contribution < -0.4 is 0 Å². The van der Waals surface area contributed by atoms with Gasteiger partial charge in [-0.2, -0.15) is 0 Å². The van der Waals surface area contributed by atoms with E-state index in [4.69, 9.17) is 4.74 Å². The summed E-state index contributed by atoms with van der Waals surface area (Å²) in [4.78, 5) is 0. The minimum Gasteiger partial charge on any atom is -0.375 e. The summed E-state index contributed by atoms with van der Waals surface area (Å²) in [5.74, 6) is 5.26. The van der Waals surface area contributed by atoms with E-state index in [-0.39, 0.29) is 5.60 Å². The Morgan fingerprint density at radius 1 is 0.808 bits per heavy atom. The van der Waals surface area contributed by atoms with Crippen molar-refractivity contribution in [1.82, 2.24) is 0 Å². The first-order valence-corrected chi connectivity index (χ1v) is 12.3. The lowest BCUT2D eigenvalue weighted by Crippen LogP contribution is -2.54. The first kappa shape index (κ1) is 19.3. The molecule has 0 N–H and O–H groups in total. The van der Waals surface area contributed by atoms with Crippen LogP contribution in [-0.4, -0.2) is 12.2 Å². The van der Waals surface area contributed by atoms with E-state index in [0.29, 0.717) is 5.41 Å². The van der Waals surface area contributed by atoms with Gasteiger partial charge < -0.3 is 4.74 Å². The Kier molecular flexibility index (Phi) is 5.76. The van der Waals surface area contributed by atoms with E-state index in [1.165, 1.54) is 64.2 Å². The van der Waals surface area contributed by atoms with Crippen LogP contribution in [0.15, 0.2) is 0 Å². The average Bonchev–Trinajstić information content (AvgIpc) is 2.98. The van der Waals surface area contributed by atoms with Crippen molar-refractivity contribution in [2.24, 2.45) is 35.0 Å². The molecule has 1 nitrogen and oxygen atoms in total. The molecule has 7 atom stereocenters. The minimum atomic E-state index is 0.164. The quantitative estimate of drug-likeness (QED) is 0.480. The standard InChI is InChI=1S/C25H44O/c1-4-6-15-25-17-13-21-20-10-8-7-9-19(20)11-12-22(21)23(25)14-16-24(25,3)26-18-5-2/h19-23H,4-18H2,1-3H3. The van der Waals surface area contributed by atoms with Crippen molar-refractivity contribution in [2.75, 3.05) is 6.61 Å². The maximum Gasteiger partial charge on any atom is 0.0713 e. The highest BCUT2D eigenvalue weighted by molar-refractivity contribution is 5.13. The van der Waals surface area contributed by atoms with Gasteiger partial charge in [0.15, 0.2) is 0 Å². The number of rotatable bonds is 6. The van der Waals surface area contributed by atoms with Gasteiger partial charge in [0.25, 0.3) is 0 Å². The fourth-order valence-electron chi connectivity index (χ4n) is 8.48. The maximum absolute atomic E-state index is 6.70. The second-order valence-electron chi connectivity index (χ2n) is 10.6. The molecule has 0 heterocycles. The molecule has 0 amide bonds. The van der Waals surface area contributed by atoms with Crippen LogP contribution in [-0.2, 0) is 4.74 Å². The van der Waals surface area contributed by atoms with Gasteiger partial charge in [-0.1, -0.05) is 46.0 Å². The number of unbranched alkanes of at least 4 members (excludes halogenated alkanes) is 1.